The SMILES string of the molecule is N#C[B]C1=NOC(C(F)(F)F)C1. The molecular weight excluding hydrogens is 172 g/mol. The second-order valence-electron chi connectivity index (χ2n) is 2.20. The van der Waals surface area contributed by atoms with Crippen LogP contribution >= 0.6 is 0 Å². The predicted molar refractivity (Wildman–Crippen MR) is 34.3 cm³/mol. The van der Waals surface area contributed by atoms with Crippen molar-refractivity contribution in [1.82, 2.24) is 0 Å². The van der Waals surface area contributed by atoms with Crippen LogP contribution < -0.4 is 0 Å². The lowest BCUT2D eigenvalue weighted by Gasteiger charge is -2.11. The third-order valence-electron chi connectivity index (χ3n) is 1.29. The quantitative estimate of drug-likeness (QED) is 0.554. The molecule has 1 rings (SSSR count). The Morgan fingerprint density at radius 2 is 2.33 bits per heavy atom. The highest BCUT2D eigenvalue weighted by Crippen LogP contribution is 2.28. The maximum absolute atomic E-state index is 11.9. The van der Waals surface area contributed by atoms with E-state index in [2.05, 4.69) is 9.99 Å². The minimum Gasteiger partial charge on any atom is -0.383 e. The molecule has 0 N–H and O–H groups in total. The second kappa shape index (κ2) is 3.05. The average Bonchev–Trinajstić information content (AvgIpc) is 2.35. The van der Waals surface area contributed by atoms with Gasteiger partial charge in [-0.25, -0.2) is 5.26 Å². The number of hydrogen-bond acceptors (Lipinski definition) is 3. The van der Waals surface area contributed by atoms with Gasteiger partial charge in [0, 0.05) is 18.0 Å². The van der Waals surface area contributed by atoms with Crippen LogP contribution in [0.15, 0.2) is 5.16 Å². The highest BCUT2D eigenvalue weighted by atomic mass is 19.4. The van der Waals surface area contributed by atoms with E-state index in [9.17, 15) is 13.2 Å². The van der Waals surface area contributed by atoms with Gasteiger partial charge in [-0.05, 0) is 0 Å². The van der Waals surface area contributed by atoms with Crippen molar-refractivity contribution in [3.63, 3.8) is 0 Å². The molecule has 1 heterocycles. The summed E-state index contributed by atoms with van der Waals surface area (Å²) in [6, 6.07) is 0. The minimum atomic E-state index is -4.41. The molecule has 1 aliphatic heterocycles. The van der Waals surface area contributed by atoms with Crippen LogP contribution in [0.5, 0.6) is 0 Å². The van der Waals surface area contributed by atoms with Crippen molar-refractivity contribution < 1.29 is 18.0 Å². The van der Waals surface area contributed by atoms with Crippen molar-refractivity contribution in [2.45, 2.75) is 18.7 Å². The first-order valence-electron chi connectivity index (χ1n) is 3.06. The summed E-state index contributed by atoms with van der Waals surface area (Å²) < 4.78 is 35.6. The van der Waals surface area contributed by atoms with Crippen LogP contribution in [0.1, 0.15) is 6.42 Å². The summed E-state index contributed by atoms with van der Waals surface area (Å²) in [5.74, 6) is 1.58. The number of halogens is 3. The van der Waals surface area contributed by atoms with Crippen molar-refractivity contribution in [1.29, 1.82) is 5.26 Å². The lowest BCUT2D eigenvalue weighted by molar-refractivity contribution is -0.212. The molecule has 0 saturated carbocycles. The zero-order chi connectivity index (χ0) is 9.19. The van der Waals surface area contributed by atoms with E-state index in [1.165, 1.54) is 0 Å². The molecular formula is C5H3BF3N2O. The minimum absolute atomic E-state index is 0.0276. The molecule has 12 heavy (non-hydrogen) atoms. The van der Waals surface area contributed by atoms with E-state index in [4.69, 9.17) is 5.26 Å². The first kappa shape index (κ1) is 8.91. The second-order valence-corrected chi connectivity index (χ2v) is 2.20. The van der Waals surface area contributed by atoms with Crippen LogP contribution in [0, 0.1) is 11.2 Å². The monoisotopic (exact) mass is 175 g/mol. The molecule has 0 spiro atoms. The van der Waals surface area contributed by atoms with Crippen molar-refractivity contribution in [2.24, 2.45) is 5.16 Å². The fourth-order valence-electron chi connectivity index (χ4n) is 0.731. The molecule has 0 aromatic carbocycles. The lowest BCUT2D eigenvalue weighted by atomic mass is 9.73. The van der Waals surface area contributed by atoms with Gasteiger partial charge < -0.3 is 4.84 Å². The Kier molecular flexibility index (Phi) is 2.26. The number of oxime groups is 1. The fraction of sp³-hybridized carbons (Fsp3) is 0.600. The molecule has 1 aliphatic rings. The van der Waals surface area contributed by atoms with E-state index >= 15 is 0 Å². The van der Waals surface area contributed by atoms with Crippen molar-refractivity contribution in [3.8, 4) is 5.97 Å². The van der Waals surface area contributed by atoms with Gasteiger partial charge in [-0.3, -0.25) is 0 Å². The van der Waals surface area contributed by atoms with Crippen molar-refractivity contribution in [2.75, 3.05) is 0 Å². The van der Waals surface area contributed by atoms with Crippen molar-refractivity contribution in [3.05, 3.63) is 0 Å². The molecule has 0 saturated heterocycles. The average molecular weight is 175 g/mol. The molecule has 1 radical (unpaired) electrons. The molecule has 0 fully saturated rings. The van der Waals surface area contributed by atoms with E-state index < -0.39 is 12.3 Å². The van der Waals surface area contributed by atoms with Crippen LogP contribution in [-0.2, 0) is 4.84 Å². The number of alkyl halides is 3. The third-order valence-corrected chi connectivity index (χ3v) is 1.29. The normalized spacial score (nSPS) is 22.5. The molecule has 0 amide bonds. The summed E-state index contributed by atoms with van der Waals surface area (Å²) in [5, 5.41) is 11.2. The standard InChI is InChI=1S/C5H3BF3N2O/c7-5(8,9)3-1-4(6-2-10)11-12-3/h3H,1H2. The summed E-state index contributed by atoms with van der Waals surface area (Å²) in [7, 11) is 0.936. The van der Waals surface area contributed by atoms with E-state index in [1.54, 1.807) is 5.97 Å². The van der Waals surface area contributed by atoms with E-state index in [-0.39, 0.29) is 12.0 Å². The van der Waals surface area contributed by atoms with Gasteiger partial charge in [0.2, 0.25) is 6.10 Å². The van der Waals surface area contributed by atoms with Gasteiger partial charge in [0.1, 0.15) is 0 Å². The summed E-state index contributed by atoms with van der Waals surface area (Å²) in [6.07, 6.45) is -6.68. The zero-order valence-corrected chi connectivity index (χ0v) is 5.80. The van der Waals surface area contributed by atoms with Gasteiger partial charge in [-0.15, -0.1) is 5.16 Å². The fourth-order valence-corrected chi connectivity index (χ4v) is 0.731. The number of hydrogen-bond donors (Lipinski definition) is 0. The molecule has 7 heteroatoms. The molecule has 0 aromatic rings. The van der Waals surface area contributed by atoms with Gasteiger partial charge in [-0.1, -0.05) is 0 Å². The maximum atomic E-state index is 11.9. The van der Waals surface area contributed by atoms with Crippen LogP contribution in [0.3, 0.4) is 0 Å². The summed E-state index contributed by atoms with van der Waals surface area (Å²) in [5.41, 5.74) is 0.0276. The van der Waals surface area contributed by atoms with Crippen LogP contribution in [0.25, 0.3) is 0 Å². The van der Waals surface area contributed by atoms with Crippen LogP contribution in [-0.4, -0.2) is 25.2 Å². The van der Waals surface area contributed by atoms with Crippen LogP contribution in [0.4, 0.5) is 13.2 Å². The highest BCUT2D eigenvalue weighted by molar-refractivity contribution is 6.81. The molecule has 63 valence electrons. The first-order valence-corrected chi connectivity index (χ1v) is 3.06. The van der Waals surface area contributed by atoms with Gasteiger partial charge in [0.25, 0.3) is 0 Å². The topological polar surface area (TPSA) is 45.4 Å². The lowest BCUT2D eigenvalue weighted by Crippen LogP contribution is -2.29. The van der Waals surface area contributed by atoms with Crippen molar-refractivity contribution >= 4 is 12.9 Å². The predicted octanol–water partition coefficient (Wildman–Crippen LogP) is 0.836. The summed E-state index contributed by atoms with van der Waals surface area (Å²) in [6.45, 7) is 0. The zero-order valence-electron chi connectivity index (χ0n) is 5.80. The van der Waals surface area contributed by atoms with Crippen LogP contribution in [0.2, 0.25) is 0 Å². The molecule has 1 unspecified atom stereocenters. The Labute approximate surface area is 67.0 Å². The van der Waals surface area contributed by atoms with Gasteiger partial charge in [0.15, 0.2) is 0 Å². The highest BCUT2D eigenvalue weighted by Gasteiger charge is 2.45. The molecule has 0 aliphatic carbocycles. The molecule has 1 atom stereocenters. The smallest absolute Gasteiger partial charge is 0.383 e. The Bertz CT molecular complexity index is 244. The Balaban J connectivity index is 2.48. The maximum Gasteiger partial charge on any atom is 0.428 e. The molecule has 3 nitrogen and oxygen atoms in total. The van der Waals surface area contributed by atoms with Gasteiger partial charge in [0.05, 0.1) is 0 Å². The van der Waals surface area contributed by atoms with E-state index in [0.717, 1.165) is 7.28 Å². The number of rotatable bonds is 1. The largest absolute Gasteiger partial charge is 0.428 e. The summed E-state index contributed by atoms with van der Waals surface area (Å²) >= 11 is 0. The Hall–Kier alpha value is -1.19. The first-order chi connectivity index (χ1) is 5.54. The Morgan fingerprint density at radius 3 is 2.75 bits per heavy atom. The Morgan fingerprint density at radius 1 is 1.67 bits per heavy atom. The van der Waals surface area contributed by atoms with Gasteiger partial charge >= 0.3 is 13.5 Å². The van der Waals surface area contributed by atoms with E-state index in [1.807, 2.05) is 0 Å². The van der Waals surface area contributed by atoms with Gasteiger partial charge in [-0.2, -0.15) is 13.2 Å². The van der Waals surface area contributed by atoms with E-state index in [0.29, 0.717) is 0 Å². The molecule has 0 aromatic heterocycles. The number of nitriles is 1. The molecule has 0 bridgehead atoms. The summed E-state index contributed by atoms with van der Waals surface area (Å²) in [4.78, 5) is 4.06. The number of nitrogens with zero attached hydrogens (tertiary/aromatic N) is 2. The third kappa shape index (κ3) is 1.90.